The number of ether oxygens (including phenoxy) is 2. The van der Waals surface area contributed by atoms with Gasteiger partial charge in [0.2, 0.25) is 0 Å². The molecule has 0 amide bonds. The van der Waals surface area contributed by atoms with Crippen molar-refractivity contribution in [1.82, 2.24) is 0 Å². The summed E-state index contributed by atoms with van der Waals surface area (Å²) in [5.41, 5.74) is 0.0448. The fourth-order valence-corrected chi connectivity index (χ4v) is 2.74. The van der Waals surface area contributed by atoms with Gasteiger partial charge in [-0.1, -0.05) is 18.2 Å². The Morgan fingerprint density at radius 1 is 1.00 bits per heavy atom. The van der Waals surface area contributed by atoms with E-state index in [1.165, 1.54) is 12.1 Å². The van der Waals surface area contributed by atoms with Gasteiger partial charge in [0.05, 0.1) is 17.8 Å². The van der Waals surface area contributed by atoms with E-state index >= 15 is 0 Å². The highest BCUT2D eigenvalue weighted by molar-refractivity contribution is 5.98. The van der Waals surface area contributed by atoms with Crippen LogP contribution >= 0.6 is 0 Å². The van der Waals surface area contributed by atoms with Crippen molar-refractivity contribution in [1.29, 1.82) is 0 Å². The van der Waals surface area contributed by atoms with E-state index in [2.05, 4.69) is 10.5 Å². The second-order valence-corrected chi connectivity index (χ2v) is 6.73. The lowest BCUT2D eigenvalue weighted by Crippen LogP contribution is -2.42. The zero-order valence-corrected chi connectivity index (χ0v) is 16.2. The molecule has 1 aromatic rings. The Labute approximate surface area is 151 Å². The van der Waals surface area contributed by atoms with E-state index < -0.39 is 17.7 Å². The van der Waals surface area contributed by atoms with E-state index in [-0.39, 0.29) is 12.2 Å². The van der Waals surface area contributed by atoms with Crippen molar-refractivity contribution in [2.75, 3.05) is 0 Å². The molecule has 1 rings (SSSR count). The van der Waals surface area contributed by atoms with Gasteiger partial charge in [-0.15, -0.1) is 0 Å². The van der Waals surface area contributed by atoms with Crippen LogP contribution in [0.15, 0.2) is 24.3 Å². The summed E-state index contributed by atoms with van der Waals surface area (Å²) in [5, 5.41) is 0. The molecule has 0 unspecified atom stereocenters. The highest BCUT2D eigenvalue weighted by Crippen LogP contribution is 2.30. The Hall–Kier alpha value is -0.893. The Kier molecular flexibility index (Phi) is 8.60. The van der Waals surface area contributed by atoms with Gasteiger partial charge in [0.1, 0.15) is 0 Å². The number of unbranched alkanes of at least 4 members (excludes halogenated alkanes) is 1. The quantitative estimate of drug-likeness (QED) is 0.326. The maximum absolute atomic E-state index is 12.7. The first-order chi connectivity index (χ1) is 11.6. The predicted molar refractivity (Wildman–Crippen MR) is 91.0 cm³/mol. The zero-order chi connectivity index (χ0) is 19.1. The van der Waals surface area contributed by atoms with Crippen LogP contribution in [0.3, 0.4) is 0 Å². The van der Waals surface area contributed by atoms with E-state index in [4.69, 9.17) is 13.9 Å². The van der Waals surface area contributed by atoms with Crippen LogP contribution < -0.4 is 0 Å². The highest BCUT2D eigenvalue weighted by atomic mass is 28.2. The normalized spacial score (nSPS) is 13.0. The molecule has 25 heavy (non-hydrogen) atoms. The molecule has 3 nitrogen and oxygen atoms in total. The van der Waals surface area contributed by atoms with E-state index in [0.717, 1.165) is 6.07 Å². The van der Waals surface area contributed by atoms with E-state index in [1.807, 2.05) is 27.7 Å². The van der Waals surface area contributed by atoms with Crippen molar-refractivity contribution >= 4 is 10.5 Å². The summed E-state index contributed by atoms with van der Waals surface area (Å²) < 4.78 is 55.1. The van der Waals surface area contributed by atoms with E-state index in [9.17, 15) is 13.2 Å². The first-order valence-electron chi connectivity index (χ1n) is 8.44. The fraction of sp³-hybridized carbons (Fsp3) is 0.667. The van der Waals surface area contributed by atoms with E-state index in [0.29, 0.717) is 31.2 Å². The lowest BCUT2D eigenvalue weighted by Gasteiger charge is -2.35. The van der Waals surface area contributed by atoms with Crippen LogP contribution in [-0.2, 0) is 26.5 Å². The van der Waals surface area contributed by atoms with Crippen molar-refractivity contribution in [3.05, 3.63) is 35.4 Å². The van der Waals surface area contributed by atoms with Gasteiger partial charge in [0.25, 0.3) is 16.5 Å². The van der Waals surface area contributed by atoms with Crippen molar-refractivity contribution in [2.45, 2.75) is 77.7 Å². The van der Waals surface area contributed by atoms with Crippen LogP contribution in [0.2, 0.25) is 0 Å². The van der Waals surface area contributed by atoms with Crippen LogP contribution in [0, 0.1) is 0 Å². The molecule has 0 aliphatic carbocycles. The number of rotatable bonds is 10. The first kappa shape index (κ1) is 22.1. The highest BCUT2D eigenvalue weighted by Gasteiger charge is 2.34. The largest absolute Gasteiger partial charge is 0.416 e. The monoisotopic (exact) mass is 375 g/mol. The summed E-state index contributed by atoms with van der Waals surface area (Å²) >= 11 is 0. The van der Waals surface area contributed by atoms with Crippen molar-refractivity contribution in [3.63, 3.8) is 0 Å². The third kappa shape index (κ3) is 7.90. The third-order valence-corrected chi connectivity index (χ3v) is 3.75. The average Bonchev–Trinajstić information content (AvgIpc) is 2.49. The molecule has 3 radical (unpaired) electrons. The van der Waals surface area contributed by atoms with Gasteiger partial charge in [-0.05, 0) is 58.6 Å². The Balaban J connectivity index is 2.61. The van der Waals surface area contributed by atoms with Gasteiger partial charge < -0.3 is 13.9 Å². The molecule has 141 valence electrons. The molecular formula is C18H26F3O3Si. The fourth-order valence-electron chi connectivity index (χ4n) is 2.54. The van der Waals surface area contributed by atoms with Crippen LogP contribution in [0.1, 0.15) is 58.1 Å². The molecule has 0 aromatic heterocycles. The maximum atomic E-state index is 12.7. The lowest BCUT2D eigenvalue weighted by molar-refractivity contribution is -0.369. The molecule has 0 fully saturated rings. The zero-order valence-electron chi connectivity index (χ0n) is 15.2. The van der Waals surface area contributed by atoms with Gasteiger partial charge in [-0.25, -0.2) is 0 Å². The molecule has 0 aliphatic rings. The molecular weight excluding hydrogens is 349 g/mol. The van der Waals surface area contributed by atoms with Gasteiger partial charge in [-0.3, -0.25) is 0 Å². The number of hydrogen-bond acceptors (Lipinski definition) is 3. The molecule has 0 N–H and O–H groups in total. The summed E-state index contributed by atoms with van der Waals surface area (Å²) in [5.74, 6) is -1.20. The second-order valence-electron chi connectivity index (χ2n) is 6.52. The van der Waals surface area contributed by atoms with Crippen molar-refractivity contribution in [2.24, 2.45) is 0 Å². The predicted octanol–water partition coefficient (Wildman–Crippen LogP) is 5.02. The van der Waals surface area contributed by atoms with Gasteiger partial charge >= 0.3 is 6.18 Å². The molecule has 0 spiro atoms. The Morgan fingerprint density at radius 2 is 1.60 bits per heavy atom. The molecule has 0 bridgehead atoms. The molecule has 0 heterocycles. The Morgan fingerprint density at radius 3 is 2.08 bits per heavy atom. The summed E-state index contributed by atoms with van der Waals surface area (Å²) in [6.07, 6.45) is -2.12. The van der Waals surface area contributed by atoms with Crippen LogP contribution in [0.4, 0.5) is 13.2 Å². The molecule has 0 aliphatic heterocycles. The lowest BCUT2D eigenvalue weighted by atomic mass is 10.0. The number of hydrogen-bond donors (Lipinski definition) is 0. The maximum Gasteiger partial charge on any atom is 0.416 e. The molecule has 0 saturated heterocycles. The molecule has 0 atom stereocenters. The minimum Gasteiger partial charge on any atom is -0.371 e. The number of aryl methyl sites for hydroxylation is 1. The van der Waals surface area contributed by atoms with Crippen molar-refractivity contribution in [3.8, 4) is 0 Å². The summed E-state index contributed by atoms with van der Waals surface area (Å²) in [7, 11) is 3.04. The van der Waals surface area contributed by atoms with Crippen LogP contribution in [0.25, 0.3) is 0 Å². The summed E-state index contributed by atoms with van der Waals surface area (Å²) in [6.45, 7) is 7.53. The second kappa shape index (κ2) is 9.71. The summed E-state index contributed by atoms with van der Waals surface area (Å²) in [4.78, 5) is 0. The summed E-state index contributed by atoms with van der Waals surface area (Å²) in [6, 6.07) is 5.43. The average molecular weight is 375 g/mol. The third-order valence-electron chi connectivity index (χ3n) is 3.44. The van der Waals surface area contributed by atoms with E-state index in [1.54, 1.807) is 6.07 Å². The smallest absolute Gasteiger partial charge is 0.371 e. The molecule has 1 aromatic carbocycles. The minimum absolute atomic E-state index is 0.0985. The first-order valence-corrected chi connectivity index (χ1v) is 8.85. The van der Waals surface area contributed by atoms with Crippen molar-refractivity contribution < 1.29 is 27.1 Å². The van der Waals surface area contributed by atoms with Gasteiger partial charge in [0.15, 0.2) is 0 Å². The topological polar surface area (TPSA) is 27.7 Å². The Bertz CT molecular complexity index is 509. The number of halogens is 3. The molecule has 0 saturated carbocycles. The van der Waals surface area contributed by atoms with Crippen LogP contribution in [-0.4, -0.2) is 28.7 Å². The SMILES string of the molecule is CC(C)OC(CCCCc1cccc(C(F)(F)F)c1)(O[Si])OC(C)C. The molecule has 7 heteroatoms. The standard InChI is InChI=1S/C18H26F3O3Si/c1-13(2)22-17(24-25,23-14(3)4)11-6-5-8-15-9-7-10-16(12-15)18(19,20)21/h7,9-10,12-14H,5-6,8,11H2,1-4H3. The van der Waals surface area contributed by atoms with Gasteiger partial charge in [-0.2, -0.15) is 13.2 Å². The number of benzene rings is 1. The number of alkyl halides is 3. The van der Waals surface area contributed by atoms with Crippen LogP contribution in [0.5, 0.6) is 0 Å². The van der Waals surface area contributed by atoms with Gasteiger partial charge in [0, 0.05) is 6.42 Å². The minimum atomic E-state index is -4.31.